The SMILES string of the molecule is O=C(c1ccc2c(c1)OCCO2)C1CCN(Cc2cnn(-c3ccccc3)c2)CC1. The second-order valence-corrected chi connectivity index (χ2v) is 7.90. The van der Waals surface area contributed by atoms with Crippen molar-refractivity contribution in [2.75, 3.05) is 26.3 Å². The number of aromatic nitrogens is 2. The van der Waals surface area contributed by atoms with Crippen molar-refractivity contribution in [1.82, 2.24) is 14.7 Å². The number of rotatable bonds is 5. The highest BCUT2D eigenvalue weighted by molar-refractivity contribution is 5.98. The fraction of sp³-hybridized carbons (Fsp3) is 0.333. The lowest BCUT2D eigenvalue weighted by molar-refractivity contribution is 0.0833. The van der Waals surface area contributed by atoms with Crippen LogP contribution in [0.2, 0.25) is 0 Å². The van der Waals surface area contributed by atoms with Gasteiger partial charge >= 0.3 is 0 Å². The number of benzene rings is 2. The molecule has 2 aliphatic rings. The molecule has 6 heteroatoms. The molecule has 2 aromatic carbocycles. The van der Waals surface area contributed by atoms with Crippen LogP contribution in [0.3, 0.4) is 0 Å². The Labute approximate surface area is 176 Å². The molecule has 6 nitrogen and oxygen atoms in total. The molecule has 1 saturated heterocycles. The minimum absolute atomic E-state index is 0.0656. The van der Waals surface area contributed by atoms with E-state index >= 15 is 0 Å². The predicted molar refractivity (Wildman–Crippen MR) is 113 cm³/mol. The summed E-state index contributed by atoms with van der Waals surface area (Å²) in [5.41, 5.74) is 2.98. The smallest absolute Gasteiger partial charge is 0.166 e. The highest BCUT2D eigenvalue weighted by Gasteiger charge is 2.27. The van der Waals surface area contributed by atoms with Gasteiger partial charge in [-0.25, -0.2) is 4.68 Å². The number of fused-ring (bicyclic) bond motifs is 1. The van der Waals surface area contributed by atoms with Gasteiger partial charge in [0.2, 0.25) is 0 Å². The largest absolute Gasteiger partial charge is 0.486 e. The van der Waals surface area contributed by atoms with E-state index in [0.717, 1.165) is 49.5 Å². The Morgan fingerprint density at radius 1 is 1.00 bits per heavy atom. The molecule has 0 radical (unpaired) electrons. The van der Waals surface area contributed by atoms with Crippen LogP contribution < -0.4 is 9.47 Å². The van der Waals surface area contributed by atoms with E-state index in [0.29, 0.717) is 19.0 Å². The Hall–Kier alpha value is -3.12. The molecule has 0 N–H and O–H groups in total. The number of Topliss-reactive ketones (excluding diaryl/α,β-unsaturated/α-hetero) is 1. The molecule has 2 aliphatic heterocycles. The molecule has 30 heavy (non-hydrogen) atoms. The van der Waals surface area contributed by atoms with Gasteiger partial charge in [0.05, 0.1) is 11.9 Å². The van der Waals surface area contributed by atoms with Crippen LogP contribution in [0, 0.1) is 5.92 Å². The number of para-hydroxylation sites is 1. The minimum Gasteiger partial charge on any atom is -0.486 e. The maximum atomic E-state index is 13.0. The monoisotopic (exact) mass is 403 g/mol. The lowest BCUT2D eigenvalue weighted by Gasteiger charge is -2.31. The first kappa shape index (κ1) is 18.9. The first-order valence-corrected chi connectivity index (χ1v) is 10.5. The summed E-state index contributed by atoms with van der Waals surface area (Å²) in [6, 6.07) is 15.7. The van der Waals surface area contributed by atoms with Gasteiger partial charge < -0.3 is 9.47 Å². The molecule has 154 valence electrons. The fourth-order valence-corrected chi connectivity index (χ4v) is 4.21. The van der Waals surface area contributed by atoms with Crippen molar-refractivity contribution in [2.24, 2.45) is 5.92 Å². The van der Waals surface area contributed by atoms with Gasteiger partial charge in [-0.3, -0.25) is 9.69 Å². The third-order valence-corrected chi connectivity index (χ3v) is 5.85. The minimum atomic E-state index is 0.0656. The van der Waals surface area contributed by atoms with Crippen LogP contribution in [0.15, 0.2) is 60.9 Å². The first-order chi connectivity index (χ1) is 14.8. The third kappa shape index (κ3) is 3.96. The van der Waals surface area contributed by atoms with E-state index in [1.165, 1.54) is 5.56 Å². The second-order valence-electron chi connectivity index (χ2n) is 7.90. The number of carbonyl (C=O) groups is 1. The van der Waals surface area contributed by atoms with Gasteiger partial charge in [-0.2, -0.15) is 5.10 Å². The zero-order valence-corrected chi connectivity index (χ0v) is 16.9. The maximum Gasteiger partial charge on any atom is 0.166 e. The van der Waals surface area contributed by atoms with Gasteiger partial charge in [-0.15, -0.1) is 0 Å². The number of hydrogen-bond acceptors (Lipinski definition) is 5. The molecule has 3 aromatic rings. The Balaban J connectivity index is 1.18. The molecule has 0 atom stereocenters. The summed E-state index contributed by atoms with van der Waals surface area (Å²) < 4.78 is 13.1. The average Bonchev–Trinajstić information content (AvgIpc) is 3.28. The van der Waals surface area contributed by atoms with Crippen LogP contribution in [0.4, 0.5) is 0 Å². The van der Waals surface area contributed by atoms with E-state index in [9.17, 15) is 4.79 Å². The number of piperidine rings is 1. The number of nitrogens with zero attached hydrogens (tertiary/aromatic N) is 3. The van der Waals surface area contributed by atoms with E-state index < -0.39 is 0 Å². The lowest BCUT2D eigenvalue weighted by atomic mass is 9.88. The molecule has 5 rings (SSSR count). The van der Waals surface area contributed by atoms with Crippen molar-refractivity contribution in [3.05, 3.63) is 72.1 Å². The summed E-state index contributed by atoms with van der Waals surface area (Å²) in [6.07, 6.45) is 5.77. The zero-order valence-electron chi connectivity index (χ0n) is 16.9. The van der Waals surface area contributed by atoms with Gasteiger partial charge in [0.25, 0.3) is 0 Å². The lowest BCUT2D eigenvalue weighted by Crippen LogP contribution is -2.35. The topological polar surface area (TPSA) is 56.6 Å². The van der Waals surface area contributed by atoms with Gasteiger partial charge in [0.1, 0.15) is 13.2 Å². The Kier molecular flexibility index (Phi) is 5.24. The van der Waals surface area contributed by atoms with Gasteiger partial charge in [-0.1, -0.05) is 18.2 Å². The highest BCUT2D eigenvalue weighted by atomic mass is 16.6. The summed E-state index contributed by atoms with van der Waals surface area (Å²) in [6.45, 7) is 3.78. The number of carbonyl (C=O) groups excluding carboxylic acids is 1. The van der Waals surface area contributed by atoms with Crippen LogP contribution in [0.5, 0.6) is 11.5 Å². The molecule has 0 spiro atoms. The molecule has 3 heterocycles. The average molecular weight is 403 g/mol. The van der Waals surface area contributed by atoms with Crippen molar-refractivity contribution in [2.45, 2.75) is 19.4 Å². The molecule has 0 bridgehead atoms. The van der Waals surface area contributed by atoms with E-state index in [1.807, 2.05) is 59.4 Å². The van der Waals surface area contributed by atoms with Crippen molar-refractivity contribution in [3.63, 3.8) is 0 Å². The number of hydrogen-bond donors (Lipinski definition) is 0. The summed E-state index contributed by atoms with van der Waals surface area (Å²) in [5.74, 6) is 1.68. The van der Waals surface area contributed by atoms with Crippen LogP contribution in [-0.4, -0.2) is 46.8 Å². The number of ether oxygens (including phenoxy) is 2. The Morgan fingerprint density at radius 3 is 2.57 bits per heavy atom. The predicted octanol–water partition coefficient (Wildman–Crippen LogP) is 3.74. The standard InChI is InChI=1S/C24H25N3O3/c28-24(20-6-7-22-23(14-20)30-13-12-29-22)19-8-10-26(11-9-19)16-18-15-25-27(17-18)21-4-2-1-3-5-21/h1-7,14-15,17,19H,8-13,16H2. The van der Waals surface area contributed by atoms with Gasteiger partial charge in [0.15, 0.2) is 17.3 Å². The normalized spacial score (nSPS) is 17.1. The molecular weight excluding hydrogens is 378 g/mol. The summed E-state index contributed by atoms with van der Waals surface area (Å²) in [4.78, 5) is 15.4. The fourth-order valence-electron chi connectivity index (χ4n) is 4.21. The van der Waals surface area contributed by atoms with Crippen LogP contribution in [0.1, 0.15) is 28.8 Å². The van der Waals surface area contributed by atoms with E-state index in [-0.39, 0.29) is 11.7 Å². The van der Waals surface area contributed by atoms with Crippen LogP contribution in [0.25, 0.3) is 5.69 Å². The molecular formula is C24H25N3O3. The molecule has 0 amide bonds. The summed E-state index contributed by atoms with van der Waals surface area (Å²) in [7, 11) is 0. The second kappa shape index (κ2) is 8.32. The molecule has 1 aromatic heterocycles. The summed E-state index contributed by atoms with van der Waals surface area (Å²) in [5, 5.41) is 4.48. The Morgan fingerprint density at radius 2 is 1.77 bits per heavy atom. The maximum absolute atomic E-state index is 13.0. The third-order valence-electron chi connectivity index (χ3n) is 5.85. The zero-order chi connectivity index (χ0) is 20.3. The van der Waals surface area contributed by atoms with Crippen molar-refractivity contribution >= 4 is 5.78 Å². The summed E-state index contributed by atoms with van der Waals surface area (Å²) >= 11 is 0. The van der Waals surface area contributed by atoms with Gasteiger partial charge in [0, 0.05) is 29.8 Å². The van der Waals surface area contributed by atoms with Crippen LogP contribution >= 0.6 is 0 Å². The highest BCUT2D eigenvalue weighted by Crippen LogP contribution is 2.32. The van der Waals surface area contributed by atoms with E-state index in [4.69, 9.17) is 9.47 Å². The first-order valence-electron chi connectivity index (χ1n) is 10.5. The molecule has 0 aliphatic carbocycles. The van der Waals surface area contributed by atoms with Gasteiger partial charge in [-0.05, 0) is 56.3 Å². The Bertz CT molecular complexity index is 1020. The van der Waals surface area contributed by atoms with Crippen molar-refractivity contribution in [1.29, 1.82) is 0 Å². The van der Waals surface area contributed by atoms with E-state index in [2.05, 4.69) is 16.2 Å². The van der Waals surface area contributed by atoms with Crippen molar-refractivity contribution in [3.8, 4) is 17.2 Å². The molecule has 0 saturated carbocycles. The number of likely N-dealkylation sites (tertiary alicyclic amines) is 1. The van der Waals surface area contributed by atoms with E-state index in [1.54, 1.807) is 0 Å². The molecule has 1 fully saturated rings. The van der Waals surface area contributed by atoms with Crippen molar-refractivity contribution < 1.29 is 14.3 Å². The van der Waals surface area contributed by atoms with Crippen LogP contribution in [-0.2, 0) is 6.54 Å². The quantitative estimate of drug-likeness (QED) is 0.608. The molecule has 0 unspecified atom stereocenters. The number of ketones is 1.